The zero-order valence-corrected chi connectivity index (χ0v) is 17.1. The van der Waals surface area contributed by atoms with Gasteiger partial charge in [-0.05, 0) is 38.3 Å². The molecule has 0 spiro atoms. The van der Waals surface area contributed by atoms with E-state index in [0.717, 1.165) is 16.8 Å². The van der Waals surface area contributed by atoms with Gasteiger partial charge in [-0.25, -0.2) is 13.1 Å². The van der Waals surface area contributed by atoms with E-state index in [0.29, 0.717) is 30.9 Å². The lowest BCUT2D eigenvalue weighted by Gasteiger charge is -2.38. The minimum absolute atomic E-state index is 0.111. The average molecular weight is 404 g/mol. The van der Waals surface area contributed by atoms with Gasteiger partial charge in [0.2, 0.25) is 10.0 Å². The van der Waals surface area contributed by atoms with E-state index in [2.05, 4.69) is 24.3 Å². The van der Waals surface area contributed by atoms with Gasteiger partial charge >= 0.3 is 0 Å². The lowest BCUT2D eigenvalue weighted by atomic mass is 9.80. The van der Waals surface area contributed by atoms with Crippen LogP contribution in [0.2, 0.25) is 0 Å². The number of rotatable bonds is 2. The molecule has 0 amide bonds. The van der Waals surface area contributed by atoms with Crippen LogP contribution in [0.25, 0.3) is 0 Å². The number of benzene rings is 1. The van der Waals surface area contributed by atoms with Crippen molar-refractivity contribution in [1.82, 2.24) is 14.1 Å². The molecule has 2 aromatic rings. The average Bonchev–Trinajstić information content (AvgIpc) is 2.95. The van der Waals surface area contributed by atoms with Gasteiger partial charge in [-0.15, -0.1) is 5.10 Å². The number of nitrogens with one attached hydrogen (secondary N) is 1. The Morgan fingerprint density at radius 1 is 1.32 bits per heavy atom. The predicted molar refractivity (Wildman–Crippen MR) is 108 cm³/mol. The highest BCUT2D eigenvalue weighted by Crippen LogP contribution is 2.40. The molecule has 0 saturated carbocycles. The topological polar surface area (TPSA) is 110 Å². The van der Waals surface area contributed by atoms with E-state index in [-0.39, 0.29) is 23.9 Å². The number of carbonyl (C=O) groups is 1. The summed E-state index contributed by atoms with van der Waals surface area (Å²) in [5.74, 6) is -0.257. The molecule has 2 aliphatic heterocycles. The zero-order valence-electron chi connectivity index (χ0n) is 16.3. The second-order valence-electron chi connectivity index (χ2n) is 8.26. The SMILES string of the molecule is CC1(C)CC(C(=O)n2nc(N)c3c2CN(S(C)(=O)=O)CC3)c2ccccc2N1. The number of para-hydroxylation sites is 1. The van der Waals surface area contributed by atoms with Crippen LogP contribution in [0.5, 0.6) is 0 Å². The molecule has 28 heavy (non-hydrogen) atoms. The minimum Gasteiger partial charge on any atom is -0.382 e. The molecular formula is C19H25N5O3S. The highest BCUT2D eigenvalue weighted by Gasteiger charge is 2.38. The van der Waals surface area contributed by atoms with Crippen LogP contribution in [0.1, 0.15) is 47.8 Å². The van der Waals surface area contributed by atoms with Crippen molar-refractivity contribution in [3.8, 4) is 0 Å². The molecule has 9 heteroatoms. The lowest BCUT2D eigenvalue weighted by molar-refractivity contribution is 0.0838. The molecule has 0 aliphatic carbocycles. The van der Waals surface area contributed by atoms with Crippen molar-refractivity contribution in [2.75, 3.05) is 23.9 Å². The van der Waals surface area contributed by atoms with Crippen molar-refractivity contribution in [1.29, 1.82) is 0 Å². The summed E-state index contributed by atoms with van der Waals surface area (Å²) in [5, 5.41) is 7.78. The Morgan fingerprint density at radius 3 is 2.75 bits per heavy atom. The molecule has 3 N–H and O–H groups in total. The van der Waals surface area contributed by atoms with Crippen LogP contribution in [0, 0.1) is 0 Å². The van der Waals surface area contributed by atoms with Crippen molar-refractivity contribution in [2.45, 2.75) is 44.7 Å². The van der Waals surface area contributed by atoms with Gasteiger partial charge < -0.3 is 11.1 Å². The maximum Gasteiger partial charge on any atom is 0.254 e. The minimum atomic E-state index is -3.36. The van der Waals surface area contributed by atoms with E-state index in [1.165, 1.54) is 15.2 Å². The van der Waals surface area contributed by atoms with E-state index < -0.39 is 10.0 Å². The Kier molecular flexibility index (Phi) is 4.27. The fraction of sp³-hybridized carbons (Fsp3) is 0.474. The zero-order chi connectivity index (χ0) is 20.3. The first-order chi connectivity index (χ1) is 13.1. The standard InChI is InChI=1S/C19H25N5O3S/c1-19(2)10-14(12-6-4-5-7-15(12)21-19)18(25)24-16-11-23(28(3,26)27)9-8-13(16)17(20)22-24/h4-7,14,21H,8-11H2,1-3H3,(H2,20,22). The van der Waals surface area contributed by atoms with E-state index in [9.17, 15) is 13.2 Å². The smallest absolute Gasteiger partial charge is 0.254 e. The summed E-state index contributed by atoms with van der Waals surface area (Å²) in [5.41, 5.74) is 9.02. The summed E-state index contributed by atoms with van der Waals surface area (Å²) in [4.78, 5) is 13.5. The van der Waals surface area contributed by atoms with E-state index in [1.54, 1.807) is 0 Å². The van der Waals surface area contributed by atoms with Crippen LogP contribution in [0.3, 0.4) is 0 Å². The Balaban J connectivity index is 1.76. The summed E-state index contributed by atoms with van der Waals surface area (Å²) in [6.07, 6.45) is 2.23. The third-order valence-electron chi connectivity index (χ3n) is 5.56. The largest absolute Gasteiger partial charge is 0.382 e. The van der Waals surface area contributed by atoms with Gasteiger partial charge in [0, 0.05) is 23.3 Å². The second kappa shape index (κ2) is 6.31. The fourth-order valence-electron chi connectivity index (χ4n) is 4.21. The molecule has 0 bridgehead atoms. The lowest BCUT2D eigenvalue weighted by Crippen LogP contribution is -2.41. The quantitative estimate of drug-likeness (QED) is 0.791. The molecule has 1 aromatic carbocycles. The first kappa shape index (κ1) is 18.9. The summed E-state index contributed by atoms with van der Waals surface area (Å²) in [6, 6.07) is 7.76. The number of nitrogen functional groups attached to an aromatic ring is 1. The second-order valence-corrected chi connectivity index (χ2v) is 10.2. The molecule has 1 aromatic heterocycles. The van der Waals surface area contributed by atoms with Crippen molar-refractivity contribution in [3.05, 3.63) is 41.1 Å². The number of carbonyl (C=O) groups excluding carboxylic acids is 1. The van der Waals surface area contributed by atoms with Crippen molar-refractivity contribution in [2.24, 2.45) is 0 Å². The van der Waals surface area contributed by atoms with Crippen LogP contribution in [-0.2, 0) is 23.0 Å². The van der Waals surface area contributed by atoms with Gasteiger partial charge in [0.25, 0.3) is 5.91 Å². The molecule has 2 aliphatic rings. The normalized spacial score (nSPS) is 21.5. The maximum absolute atomic E-state index is 13.5. The maximum atomic E-state index is 13.5. The van der Waals surface area contributed by atoms with Crippen molar-refractivity contribution in [3.63, 3.8) is 0 Å². The molecule has 0 radical (unpaired) electrons. The molecule has 8 nitrogen and oxygen atoms in total. The van der Waals surface area contributed by atoms with Crippen LogP contribution in [0.15, 0.2) is 24.3 Å². The van der Waals surface area contributed by atoms with Gasteiger partial charge in [0.05, 0.1) is 24.4 Å². The summed E-state index contributed by atoms with van der Waals surface area (Å²) in [6.45, 7) is 4.57. The summed E-state index contributed by atoms with van der Waals surface area (Å²) < 4.78 is 26.7. The highest BCUT2D eigenvalue weighted by molar-refractivity contribution is 7.88. The van der Waals surface area contributed by atoms with Crippen LogP contribution in [0.4, 0.5) is 11.5 Å². The molecule has 0 saturated heterocycles. The monoisotopic (exact) mass is 403 g/mol. The first-order valence-electron chi connectivity index (χ1n) is 9.29. The number of aromatic nitrogens is 2. The van der Waals surface area contributed by atoms with Crippen molar-refractivity contribution < 1.29 is 13.2 Å². The molecule has 1 atom stereocenters. The third kappa shape index (κ3) is 3.18. The number of anilines is 2. The Labute approximate surface area is 164 Å². The Bertz CT molecular complexity index is 1060. The molecule has 0 fully saturated rings. The molecule has 150 valence electrons. The van der Waals surface area contributed by atoms with Gasteiger partial charge in [-0.2, -0.15) is 4.31 Å². The molecule has 4 rings (SSSR count). The summed E-state index contributed by atoms with van der Waals surface area (Å²) in [7, 11) is -3.36. The fourth-order valence-corrected chi connectivity index (χ4v) is 4.99. The molecule has 3 heterocycles. The molecular weight excluding hydrogens is 378 g/mol. The number of sulfonamides is 1. The summed E-state index contributed by atoms with van der Waals surface area (Å²) >= 11 is 0. The van der Waals surface area contributed by atoms with Crippen LogP contribution in [-0.4, -0.2) is 46.8 Å². The van der Waals surface area contributed by atoms with E-state index >= 15 is 0 Å². The Morgan fingerprint density at radius 2 is 2.04 bits per heavy atom. The highest BCUT2D eigenvalue weighted by atomic mass is 32.2. The van der Waals surface area contributed by atoms with E-state index in [4.69, 9.17) is 5.73 Å². The van der Waals surface area contributed by atoms with Gasteiger partial charge in [0.15, 0.2) is 0 Å². The number of fused-ring (bicyclic) bond motifs is 2. The van der Waals surface area contributed by atoms with Crippen molar-refractivity contribution >= 4 is 27.4 Å². The number of hydrogen-bond acceptors (Lipinski definition) is 6. The van der Waals surface area contributed by atoms with Gasteiger partial charge in [-0.3, -0.25) is 4.79 Å². The predicted octanol–water partition coefficient (Wildman–Crippen LogP) is 1.80. The van der Waals surface area contributed by atoms with Crippen LogP contribution >= 0.6 is 0 Å². The molecule has 1 unspecified atom stereocenters. The number of nitrogens with zero attached hydrogens (tertiary/aromatic N) is 3. The Hall–Kier alpha value is -2.39. The van der Waals surface area contributed by atoms with E-state index in [1.807, 2.05) is 24.3 Å². The first-order valence-corrected chi connectivity index (χ1v) is 11.1. The third-order valence-corrected chi connectivity index (χ3v) is 6.81. The van der Waals surface area contributed by atoms with Gasteiger partial charge in [-0.1, -0.05) is 18.2 Å². The number of hydrogen-bond donors (Lipinski definition) is 2. The number of nitrogens with two attached hydrogens (primary N) is 1. The van der Waals surface area contributed by atoms with Crippen LogP contribution < -0.4 is 11.1 Å². The van der Waals surface area contributed by atoms with Gasteiger partial charge in [0.1, 0.15) is 5.82 Å².